The van der Waals surface area contributed by atoms with Crippen molar-refractivity contribution >= 4 is 22.6 Å². The van der Waals surface area contributed by atoms with Gasteiger partial charge in [0.15, 0.2) is 0 Å². The predicted molar refractivity (Wildman–Crippen MR) is 115 cm³/mol. The highest BCUT2D eigenvalue weighted by Crippen LogP contribution is 2.34. The molecule has 160 valence electrons. The summed E-state index contributed by atoms with van der Waals surface area (Å²) in [5.74, 6) is 2.36. The highest BCUT2D eigenvalue weighted by atomic mass is 32.2. The van der Waals surface area contributed by atoms with E-state index in [0.29, 0.717) is 17.7 Å². The minimum atomic E-state index is -1.03. The molecular formula is C22H27FN4O2S. The topological polar surface area (TPSA) is 67.4 Å². The molecule has 0 bridgehead atoms. The lowest BCUT2D eigenvalue weighted by atomic mass is 9.89. The third kappa shape index (κ3) is 4.07. The molecule has 30 heavy (non-hydrogen) atoms. The average Bonchev–Trinajstić information content (AvgIpc) is 3.16. The van der Waals surface area contributed by atoms with Crippen molar-refractivity contribution in [1.29, 1.82) is 0 Å². The van der Waals surface area contributed by atoms with Crippen molar-refractivity contribution in [2.45, 2.75) is 49.0 Å². The molecule has 2 aromatic rings. The van der Waals surface area contributed by atoms with Gasteiger partial charge < -0.3 is 15.0 Å². The maximum absolute atomic E-state index is 13.2. The maximum atomic E-state index is 13.2. The quantitative estimate of drug-likeness (QED) is 0.803. The molecule has 3 aliphatic heterocycles. The monoisotopic (exact) mass is 430 g/mol. The summed E-state index contributed by atoms with van der Waals surface area (Å²) in [4.78, 5) is 12.7. The lowest BCUT2D eigenvalue weighted by Crippen LogP contribution is -2.35. The van der Waals surface area contributed by atoms with E-state index < -0.39 is 10.8 Å². The van der Waals surface area contributed by atoms with E-state index in [1.165, 1.54) is 5.56 Å². The van der Waals surface area contributed by atoms with Gasteiger partial charge in [-0.2, -0.15) is 4.98 Å². The molecule has 0 saturated carbocycles. The summed E-state index contributed by atoms with van der Waals surface area (Å²) in [6.07, 6.45) is 4.58. The number of benzene rings is 1. The summed E-state index contributed by atoms with van der Waals surface area (Å²) >= 11 is 0. The van der Waals surface area contributed by atoms with Crippen LogP contribution in [-0.2, 0) is 22.0 Å². The van der Waals surface area contributed by atoms with Crippen LogP contribution in [0, 0.1) is 5.82 Å². The van der Waals surface area contributed by atoms with E-state index in [-0.39, 0.29) is 5.82 Å². The fourth-order valence-corrected chi connectivity index (χ4v) is 5.92. The van der Waals surface area contributed by atoms with Crippen molar-refractivity contribution in [3.05, 3.63) is 41.3 Å². The highest BCUT2D eigenvalue weighted by molar-refractivity contribution is 7.85. The Kier molecular flexibility index (Phi) is 5.69. The number of hydrogen-bond donors (Lipinski definition) is 1. The smallest absolute Gasteiger partial charge is 0.227 e. The normalized spacial score (nSPS) is 22.8. The molecule has 1 N–H and O–H groups in total. The molecule has 3 aliphatic rings. The van der Waals surface area contributed by atoms with Crippen LogP contribution in [0.1, 0.15) is 42.9 Å². The lowest BCUT2D eigenvalue weighted by Gasteiger charge is -2.33. The Morgan fingerprint density at radius 1 is 1.07 bits per heavy atom. The highest BCUT2D eigenvalue weighted by Gasteiger charge is 2.30. The van der Waals surface area contributed by atoms with Crippen molar-refractivity contribution in [2.75, 3.05) is 42.3 Å². The van der Waals surface area contributed by atoms with Gasteiger partial charge in [0, 0.05) is 44.5 Å². The van der Waals surface area contributed by atoms with Crippen LogP contribution < -0.4 is 10.2 Å². The molecule has 6 nitrogen and oxygen atoms in total. The van der Waals surface area contributed by atoms with Crippen molar-refractivity contribution < 1.29 is 13.3 Å². The van der Waals surface area contributed by atoms with E-state index in [1.54, 1.807) is 12.1 Å². The van der Waals surface area contributed by atoms with Crippen molar-refractivity contribution in [1.82, 2.24) is 9.97 Å². The second-order valence-electron chi connectivity index (χ2n) is 8.29. The minimum Gasteiger partial charge on any atom is -0.381 e. The number of fused-ring (bicyclic) bond motifs is 1. The number of anilines is 2. The van der Waals surface area contributed by atoms with Gasteiger partial charge in [0.2, 0.25) is 5.95 Å². The van der Waals surface area contributed by atoms with Gasteiger partial charge in [0.05, 0.1) is 16.5 Å². The van der Waals surface area contributed by atoms with Crippen LogP contribution >= 0.6 is 0 Å². The summed E-state index contributed by atoms with van der Waals surface area (Å²) in [6.45, 7) is 3.22. The Bertz CT molecular complexity index is 925. The largest absolute Gasteiger partial charge is 0.381 e. The van der Waals surface area contributed by atoms with Crippen LogP contribution in [0.2, 0.25) is 0 Å². The van der Waals surface area contributed by atoms with Crippen LogP contribution in [0.3, 0.4) is 0 Å². The number of piperidine rings is 1. The number of rotatable bonds is 4. The molecule has 0 aliphatic carbocycles. The number of aromatic nitrogens is 2. The third-order valence-corrected chi connectivity index (χ3v) is 7.82. The third-order valence-electron chi connectivity index (χ3n) is 6.36. The minimum absolute atomic E-state index is 0.190. The standard InChI is InChI=1S/C22H27FN4O2S/c23-17-3-1-15(2-4-17)16-5-10-27(11-6-16)22-25-19-9-14-30(28)20(19)21(26-22)24-18-7-12-29-13-8-18/h1-4,16,18H,5-14H2,(H,24,25,26). The number of ether oxygens (including phenoxy) is 1. The van der Waals surface area contributed by atoms with E-state index in [1.807, 2.05) is 12.1 Å². The molecule has 1 aromatic carbocycles. The van der Waals surface area contributed by atoms with Gasteiger partial charge in [-0.3, -0.25) is 4.21 Å². The predicted octanol–water partition coefficient (Wildman–Crippen LogP) is 3.25. The summed E-state index contributed by atoms with van der Waals surface area (Å²) < 4.78 is 31.2. The Balaban J connectivity index is 1.34. The number of halogens is 1. The molecule has 4 heterocycles. The molecule has 1 atom stereocenters. The number of nitrogens with one attached hydrogen (secondary N) is 1. The molecular weight excluding hydrogens is 403 g/mol. The van der Waals surface area contributed by atoms with Crippen LogP contribution in [0.5, 0.6) is 0 Å². The summed E-state index contributed by atoms with van der Waals surface area (Å²) in [5, 5.41) is 3.54. The Hall–Kier alpha value is -2.06. The van der Waals surface area contributed by atoms with Gasteiger partial charge in [-0.05, 0) is 49.3 Å². The van der Waals surface area contributed by atoms with E-state index >= 15 is 0 Å². The SMILES string of the molecule is O=S1CCc2nc(N3CCC(c4ccc(F)cc4)CC3)nc(NC3CCOCC3)c21. The zero-order valence-electron chi connectivity index (χ0n) is 17.0. The molecule has 1 aromatic heterocycles. The van der Waals surface area contributed by atoms with Gasteiger partial charge in [-0.25, -0.2) is 9.37 Å². The lowest BCUT2D eigenvalue weighted by molar-refractivity contribution is 0.0903. The first-order valence-electron chi connectivity index (χ1n) is 10.8. The molecule has 5 rings (SSSR count). The van der Waals surface area contributed by atoms with Crippen LogP contribution in [0.25, 0.3) is 0 Å². The van der Waals surface area contributed by atoms with Gasteiger partial charge >= 0.3 is 0 Å². The summed E-state index contributed by atoms with van der Waals surface area (Å²) in [7, 11) is -1.03. The summed E-state index contributed by atoms with van der Waals surface area (Å²) in [5.41, 5.74) is 2.12. The second-order valence-corrected chi connectivity index (χ2v) is 9.80. The maximum Gasteiger partial charge on any atom is 0.227 e. The Morgan fingerprint density at radius 3 is 2.53 bits per heavy atom. The van der Waals surface area contributed by atoms with E-state index in [2.05, 4.69) is 10.2 Å². The Labute approximate surface area is 178 Å². The number of nitrogens with zero attached hydrogens (tertiary/aromatic N) is 3. The van der Waals surface area contributed by atoms with E-state index in [0.717, 1.165) is 80.8 Å². The van der Waals surface area contributed by atoms with Gasteiger partial charge in [0.25, 0.3) is 0 Å². The van der Waals surface area contributed by atoms with Gasteiger partial charge in [-0.15, -0.1) is 0 Å². The molecule has 0 radical (unpaired) electrons. The molecule has 2 saturated heterocycles. The fraction of sp³-hybridized carbons (Fsp3) is 0.545. The van der Waals surface area contributed by atoms with Crippen molar-refractivity contribution in [3.63, 3.8) is 0 Å². The van der Waals surface area contributed by atoms with Crippen LogP contribution in [0.15, 0.2) is 29.2 Å². The first kappa shape index (κ1) is 19.9. The van der Waals surface area contributed by atoms with Crippen molar-refractivity contribution in [2.24, 2.45) is 0 Å². The molecule has 1 unspecified atom stereocenters. The zero-order valence-corrected chi connectivity index (χ0v) is 17.8. The zero-order chi connectivity index (χ0) is 20.5. The first-order chi connectivity index (χ1) is 14.7. The number of hydrogen-bond acceptors (Lipinski definition) is 6. The van der Waals surface area contributed by atoms with Crippen LogP contribution in [-0.4, -0.2) is 52.3 Å². The van der Waals surface area contributed by atoms with Gasteiger partial charge in [0.1, 0.15) is 16.5 Å². The van der Waals surface area contributed by atoms with Gasteiger partial charge in [-0.1, -0.05) is 12.1 Å². The molecule has 8 heteroatoms. The average molecular weight is 431 g/mol. The Morgan fingerprint density at radius 2 is 1.80 bits per heavy atom. The van der Waals surface area contributed by atoms with E-state index in [4.69, 9.17) is 14.7 Å². The summed E-state index contributed by atoms with van der Waals surface area (Å²) in [6, 6.07) is 7.17. The number of aryl methyl sites for hydroxylation is 1. The van der Waals surface area contributed by atoms with E-state index in [9.17, 15) is 8.60 Å². The van der Waals surface area contributed by atoms with Crippen LogP contribution in [0.4, 0.5) is 16.2 Å². The molecule has 0 amide bonds. The molecule has 0 spiro atoms. The molecule has 2 fully saturated rings. The fourth-order valence-electron chi connectivity index (χ4n) is 4.61. The first-order valence-corrected chi connectivity index (χ1v) is 12.1. The second kappa shape index (κ2) is 8.59. The van der Waals surface area contributed by atoms with Crippen molar-refractivity contribution in [3.8, 4) is 0 Å².